The molecule has 1 aromatic carbocycles. The molecule has 0 amide bonds. The van der Waals surface area contributed by atoms with E-state index in [-0.39, 0.29) is 22.8 Å². The number of carbonyl (C=O) groups is 1. The van der Waals surface area contributed by atoms with Gasteiger partial charge in [0.2, 0.25) is 0 Å². The summed E-state index contributed by atoms with van der Waals surface area (Å²) in [5, 5.41) is 4.54. The summed E-state index contributed by atoms with van der Waals surface area (Å²) in [6, 6.07) is 5.92. The maximum Gasteiger partial charge on any atom is 0.171 e. The predicted octanol–water partition coefficient (Wildman–Crippen LogP) is 3.43. The molecule has 0 bridgehead atoms. The van der Waals surface area contributed by atoms with Gasteiger partial charge in [-0.25, -0.2) is 4.39 Å². The Morgan fingerprint density at radius 1 is 1.42 bits per heavy atom. The fourth-order valence-corrected chi connectivity index (χ4v) is 2.15. The number of aryl methyl sites for hydroxylation is 2. The number of Topliss-reactive ketones (excluding diaryl/α,β-unsaturated/α-hetero) is 1. The van der Waals surface area contributed by atoms with Crippen molar-refractivity contribution >= 4 is 17.4 Å². The minimum absolute atomic E-state index is 0.0610. The molecule has 0 aliphatic heterocycles. The highest BCUT2D eigenvalue weighted by atomic mass is 35.5. The van der Waals surface area contributed by atoms with Crippen LogP contribution in [0.3, 0.4) is 0 Å². The highest BCUT2D eigenvalue weighted by Gasteiger charge is 2.15. The van der Waals surface area contributed by atoms with Crippen LogP contribution in [0.1, 0.15) is 28.7 Å². The molecule has 19 heavy (non-hydrogen) atoms. The Morgan fingerprint density at radius 3 is 2.79 bits per heavy atom. The van der Waals surface area contributed by atoms with Crippen LogP contribution < -0.4 is 0 Å². The monoisotopic (exact) mass is 280 g/mol. The van der Waals surface area contributed by atoms with E-state index in [1.165, 1.54) is 12.1 Å². The highest BCUT2D eigenvalue weighted by molar-refractivity contribution is 6.30. The number of hydrogen-bond acceptors (Lipinski definition) is 2. The molecule has 0 atom stereocenters. The normalized spacial score (nSPS) is 10.7. The summed E-state index contributed by atoms with van der Waals surface area (Å²) in [4.78, 5) is 12.1. The van der Waals surface area contributed by atoms with Crippen molar-refractivity contribution in [2.24, 2.45) is 0 Å². The zero-order valence-corrected chi connectivity index (χ0v) is 11.5. The Kier molecular flexibility index (Phi) is 4.00. The van der Waals surface area contributed by atoms with E-state index in [1.54, 1.807) is 4.68 Å². The van der Waals surface area contributed by atoms with Gasteiger partial charge in [0.25, 0.3) is 0 Å². The minimum atomic E-state index is -0.586. The van der Waals surface area contributed by atoms with Gasteiger partial charge in [-0.05, 0) is 38.1 Å². The van der Waals surface area contributed by atoms with Gasteiger partial charge in [0.15, 0.2) is 5.78 Å². The maximum absolute atomic E-state index is 13.7. The topological polar surface area (TPSA) is 34.9 Å². The van der Waals surface area contributed by atoms with Crippen LogP contribution in [0.2, 0.25) is 5.02 Å². The third kappa shape index (κ3) is 3.01. The Hall–Kier alpha value is -1.68. The van der Waals surface area contributed by atoms with Gasteiger partial charge >= 0.3 is 0 Å². The molecule has 100 valence electrons. The maximum atomic E-state index is 13.7. The van der Waals surface area contributed by atoms with E-state index >= 15 is 0 Å². The van der Waals surface area contributed by atoms with Crippen LogP contribution in [-0.4, -0.2) is 15.6 Å². The molecule has 0 aliphatic rings. The number of halogens is 2. The predicted molar refractivity (Wildman–Crippen MR) is 72.1 cm³/mol. The summed E-state index contributed by atoms with van der Waals surface area (Å²) in [6.45, 7) is 4.49. The van der Waals surface area contributed by atoms with E-state index in [9.17, 15) is 9.18 Å². The lowest BCUT2D eigenvalue weighted by Gasteiger charge is -2.05. The Balaban J connectivity index is 2.25. The highest BCUT2D eigenvalue weighted by Crippen LogP contribution is 2.17. The van der Waals surface area contributed by atoms with Crippen molar-refractivity contribution in [2.45, 2.75) is 26.8 Å². The third-order valence-corrected chi connectivity index (χ3v) is 3.09. The second-order valence-electron chi connectivity index (χ2n) is 4.32. The first-order valence-corrected chi connectivity index (χ1v) is 6.40. The average Bonchev–Trinajstić information content (AvgIpc) is 2.69. The van der Waals surface area contributed by atoms with Crippen molar-refractivity contribution in [3.05, 3.63) is 52.1 Å². The van der Waals surface area contributed by atoms with Gasteiger partial charge in [-0.1, -0.05) is 11.6 Å². The molecule has 0 saturated heterocycles. The zero-order chi connectivity index (χ0) is 14.0. The Labute approximate surface area is 116 Å². The van der Waals surface area contributed by atoms with Crippen molar-refractivity contribution < 1.29 is 9.18 Å². The molecule has 0 radical (unpaired) electrons. The molecule has 0 fully saturated rings. The van der Waals surface area contributed by atoms with Gasteiger partial charge in [0.1, 0.15) is 5.82 Å². The molecule has 2 rings (SSSR count). The standard InChI is InChI=1S/C14H14ClFN2O/c1-3-18-11(6-9(2)17-18)8-14(19)12-5-4-10(15)7-13(12)16/h4-7H,3,8H2,1-2H3. The fourth-order valence-electron chi connectivity index (χ4n) is 1.99. The Morgan fingerprint density at radius 2 is 2.16 bits per heavy atom. The summed E-state index contributed by atoms with van der Waals surface area (Å²) in [5.41, 5.74) is 1.70. The molecule has 5 heteroatoms. The SMILES string of the molecule is CCn1nc(C)cc1CC(=O)c1ccc(Cl)cc1F. The van der Waals surface area contributed by atoms with Crippen LogP contribution in [0, 0.1) is 12.7 Å². The first-order chi connectivity index (χ1) is 9.01. The lowest BCUT2D eigenvalue weighted by atomic mass is 10.1. The molecule has 0 saturated carbocycles. The number of benzene rings is 1. The van der Waals surface area contributed by atoms with Crippen LogP contribution in [0.15, 0.2) is 24.3 Å². The van der Waals surface area contributed by atoms with E-state index in [2.05, 4.69) is 5.10 Å². The van der Waals surface area contributed by atoms with Crippen molar-refractivity contribution in [2.75, 3.05) is 0 Å². The fraction of sp³-hybridized carbons (Fsp3) is 0.286. The van der Waals surface area contributed by atoms with Crippen molar-refractivity contribution in [3.8, 4) is 0 Å². The third-order valence-electron chi connectivity index (χ3n) is 2.86. The molecule has 1 heterocycles. The first-order valence-electron chi connectivity index (χ1n) is 6.03. The number of rotatable bonds is 4. The number of carbonyl (C=O) groups excluding carboxylic acids is 1. The van der Waals surface area contributed by atoms with E-state index in [4.69, 9.17) is 11.6 Å². The lowest BCUT2D eigenvalue weighted by Crippen LogP contribution is -2.11. The quantitative estimate of drug-likeness (QED) is 0.804. The van der Waals surface area contributed by atoms with E-state index in [0.717, 1.165) is 17.5 Å². The average molecular weight is 281 g/mol. The van der Waals surface area contributed by atoms with Crippen LogP contribution in [0.5, 0.6) is 0 Å². The van der Waals surface area contributed by atoms with E-state index < -0.39 is 5.82 Å². The molecular formula is C14H14ClFN2O. The summed E-state index contributed by atoms with van der Waals surface area (Å²) in [6.07, 6.45) is 0.132. The Bertz CT molecular complexity index is 622. The van der Waals surface area contributed by atoms with Gasteiger partial charge in [-0.15, -0.1) is 0 Å². The van der Waals surface area contributed by atoms with Crippen LogP contribution in [0.4, 0.5) is 4.39 Å². The molecular weight excluding hydrogens is 267 g/mol. The molecule has 1 aromatic heterocycles. The minimum Gasteiger partial charge on any atom is -0.294 e. The summed E-state index contributed by atoms with van der Waals surface area (Å²) < 4.78 is 15.4. The first kappa shape index (κ1) is 13.7. The van der Waals surface area contributed by atoms with Crippen molar-refractivity contribution in [1.82, 2.24) is 9.78 Å². The van der Waals surface area contributed by atoms with Gasteiger partial charge in [-0.2, -0.15) is 5.10 Å². The smallest absolute Gasteiger partial charge is 0.171 e. The molecule has 3 nitrogen and oxygen atoms in total. The molecule has 0 unspecified atom stereocenters. The zero-order valence-electron chi connectivity index (χ0n) is 10.8. The molecule has 0 N–H and O–H groups in total. The van der Waals surface area contributed by atoms with Crippen LogP contribution in [0.25, 0.3) is 0 Å². The summed E-state index contributed by atoms with van der Waals surface area (Å²) >= 11 is 5.67. The van der Waals surface area contributed by atoms with Gasteiger partial charge in [0.05, 0.1) is 17.7 Å². The number of ketones is 1. The summed E-state index contributed by atoms with van der Waals surface area (Å²) in [7, 11) is 0. The van der Waals surface area contributed by atoms with Gasteiger partial charge in [0, 0.05) is 17.3 Å². The van der Waals surface area contributed by atoms with Gasteiger partial charge < -0.3 is 0 Å². The summed E-state index contributed by atoms with van der Waals surface area (Å²) in [5.74, 6) is -0.861. The van der Waals surface area contributed by atoms with Gasteiger partial charge in [-0.3, -0.25) is 9.48 Å². The van der Waals surface area contributed by atoms with E-state index in [0.29, 0.717) is 6.54 Å². The second kappa shape index (κ2) is 5.53. The van der Waals surface area contributed by atoms with Crippen molar-refractivity contribution in [1.29, 1.82) is 0 Å². The number of aromatic nitrogens is 2. The van der Waals surface area contributed by atoms with E-state index in [1.807, 2.05) is 19.9 Å². The number of hydrogen-bond donors (Lipinski definition) is 0. The largest absolute Gasteiger partial charge is 0.294 e. The molecule has 0 spiro atoms. The van der Waals surface area contributed by atoms with Crippen LogP contribution >= 0.6 is 11.6 Å². The van der Waals surface area contributed by atoms with Crippen molar-refractivity contribution in [3.63, 3.8) is 0 Å². The second-order valence-corrected chi connectivity index (χ2v) is 4.75. The molecule has 2 aromatic rings. The lowest BCUT2D eigenvalue weighted by molar-refractivity contribution is 0.0986. The molecule has 0 aliphatic carbocycles. The van der Waals surface area contributed by atoms with Crippen LogP contribution in [-0.2, 0) is 13.0 Å². The number of nitrogens with zero attached hydrogens (tertiary/aromatic N) is 2.